The SMILES string of the molecule is CNCc1ccc(N2CCC(CNC(C)=O)CC2)c(C)c1. The van der Waals surface area contributed by atoms with Crippen molar-refractivity contribution in [2.75, 3.05) is 31.6 Å². The van der Waals surface area contributed by atoms with Crippen LogP contribution in [0.5, 0.6) is 0 Å². The molecule has 116 valence electrons. The van der Waals surface area contributed by atoms with Gasteiger partial charge >= 0.3 is 0 Å². The van der Waals surface area contributed by atoms with Crippen molar-refractivity contribution in [3.05, 3.63) is 29.3 Å². The molecular formula is C17H27N3O. The van der Waals surface area contributed by atoms with Crippen molar-refractivity contribution in [2.24, 2.45) is 5.92 Å². The van der Waals surface area contributed by atoms with Crippen molar-refractivity contribution in [1.82, 2.24) is 10.6 Å². The van der Waals surface area contributed by atoms with E-state index in [9.17, 15) is 4.79 Å². The summed E-state index contributed by atoms with van der Waals surface area (Å²) in [5.41, 5.74) is 4.04. The Morgan fingerprint density at radius 3 is 2.62 bits per heavy atom. The van der Waals surface area contributed by atoms with E-state index in [0.717, 1.165) is 39.0 Å². The van der Waals surface area contributed by atoms with Crippen LogP contribution < -0.4 is 15.5 Å². The number of benzene rings is 1. The van der Waals surface area contributed by atoms with E-state index in [4.69, 9.17) is 0 Å². The number of nitrogens with one attached hydrogen (secondary N) is 2. The molecule has 0 radical (unpaired) electrons. The molecule has 1 saturated heterocycles. The maximum atomic E-state index is 11.0. The Balaban J connectivity index is 1.91. The third-order valence-electron chi connectivity index (χ3n) is 4.24. The number of hydrogen-bond acceptors (Lipinski definition) is 3. The number of carbonyl (C=O) groups is 1. The van der Waals surface area contributed by atoms with Crippen molar-refractivity contribution in [3.8, 4) is 0 Å². The lowest BCUT2D eigenvalue weighted by molar-refractivity contribution is -0.119. The van der Waals surface area contributed by atoms with E-state index < -0.39 is 0 Å². The lowest BCUT2D eigenvalue weighted by Gasteiger charge is -2.34. The second kappa shape index (κ2) is 7.46. The molecule has 1 heterocycles. The molecule has 4 nitrogen and oxygen atoms in total. The minimum Gasteiger partial charge on any atom is -0.371 e. The van der Waals surface area contributed by atoms with Gasteiger partial charge in [-0.15, -0.1) is 0 Å². The van der Waals surface area contributed by atoms with Gasteiger partial charge in [-0.3, -0.25) is 4.79 Å². The fourth-order valence-corrected chi connectivity index (χ4v) is 3.05. The van der Waals surface area contributed by atoms with Crippen LogP contribution in [-0.4, -0.2) is 32.6 Å². The van der Waals surface area contributed by atoms with Crippen LogP contribution in [0.2, 0.25) is 0 Å². The molecular weight excluding hydrogens is 262 g/mol. The van der Waals surface area contributed by atoms with E-state index in [0.29, 0.717) is 5.92 Å². The smallest absolute Gasteiger partial charge is 0.216 e. The molecule has 2 rings (SSSR count). The summed E-state index contributed by atoms with van der Waals surface area (Å²) < 4.78 is 0. The van der Waals surface area contributed by atoms with Gasteiger partial charge in [0, 0.05) is 38.8 Å². The van der Waals surface area contributed by atoms with Crippen LogP contribution in [0.4, 0.5) is 5.69 Å². The predicted octanol–water partition coefficient (Wildman–Crippen LogP) is 2.07. The molecule has 0 bridgehead atoms. The Labute approximate surface area is 127 Å². The van der Waals surface area contributed by atoms with Crippen molar-refractivity contribution >= 4 is 11.6 Å². The second-order valence-electron chi connectivity index (χ2n) is 6.02. The summed E-state index contributed by atoms with van der Waals surface area (Å²) in [7, 11) is 1.98. The van der Waals surface area contributed by atoms with Crippen molar-refractivity contribution in [1.29, 1.82) is 0 Å². The fourth-order valence-electron chi connectivity index (χ4n) is 3.05. The molecule has 0 aromatic heterocycles. The molecule has 0 atom stereocenters. The first kappa shape index (κ1) is 15.8. The number of amides is 1. The average Bonchev–Trinajstić information content (AvgIpc) is 2.46. The lowest BCUT2D eigenvalue weighted by Crippen LogP contribution is -2.38. The highest BCUT2D eigenvalue weighted by Gasteiger charge is 2.20. The molecule has 1 aliphatic heterocycles. The van der Waals surface area contributed by atoms with Gasteiger partial charge in [-0.25, -0.2) is 0 Å². The monoisotopic (exact) mass is 289 g/mol. The Morgan fingerprint density at radius 1 is 1.33 bits per heavy atom. The van der Waals surface area contributed by atoms with Crippen LogP contribution in [0.1, 0.15) is 30.9 Å². The molecule has 0 spiro atoms. The van der Waals surface area contributed by atoms with Crippen molar-refractivity contribution in [3.63, 3.8) is 0 Å². The summed E-state index contributed by atoms with van der Waals surface area (Å²) in [6.07, 6.45) is 2.30. The first-order valence-corrected chi connectivity index (χ1v) is 7.83. The number of carbonyl (C=O) groups excluding carboxylic acids is 1. The second-order valence-corrected chi connectivity index (χ2v) is 6.02. The number of aryl methyl sites for hydroxylation is 1. The average molecular weight is 289 g/mol. The van der Waals surface area contributed by atoms with E-state index in [1.54, 1.807) is 6.92 Å². The third kappa shape index (κ3) is 4.46. The zero-order valence-corrected chi connectivity index (χ0v) is 13.4. The topological polar surface area (TPSA) is 44.4 Å². The molecule has 0 saturated carbocycles. The number of rotatable bonds is 5. The first-order valence-electron chi connectivity index (χ1n) is 7.83. The summed E-state index contributed by atoms with van der Waals surface area (Å²) in [6.45, 7) is 7.68. The van der Waals surface area contributed by atoms with Gasteiger partial charge in [0.25, 0.3) is 0 Å². The van der Waals surface area contributed by atoms with Crippen LogP contribution >= 0.6 is 0 Å². The Hall–Kier alpha value is -1.55. The molecule has 1 aliphatic rings. The molecule has 1 fully saturated rings. The van der Waals surface area contributed by atoms with Gasteiger partial charge in [-0.2, -0.15) is 0 Å². The molecule has 0 unspecified atom stereocenters. The van der Waals surface area contributed by atoms with Gasteiger partial charge in [0.1, 0.15) is 0 Å². The van der Waals surface area contributed by atoms with E-state index in [-0.39, 0.29) is 5.91 Å². The zero-order chi connectivity index (χ0) is 15.2. The quantitative estimate of drug-likeness (QED) is 0.872. The number of piperidine rings is 1. The first-order chi connectivity index (χ1) is 10.1. The largest absolute Gasteiger partial charge is 0.371 e. The van der Waals surface area contributed by atoms with Gasteiger partial charge in [0.15, 0.2) is 0 Å². The summed E-state index contributed by atoms with van der Waals surface area (Å²) in [6, 6.07) is 6.73. The van der Waals surface area contributed by atoms with Gasteiger partial charge in [0.2, 0.25) is 5.91 Å². The third-order valence-corrected chi connectivity index (χ3v) is 4.24. The molecule has 1 amide bonds. The maximum absolute atomic E-state index is 11.0. The molecule has 0 aliphatic carbocycles. The molecule has 21 heavy (non-hydrogen) atoms. The molecule has 4 heteroatoms. The number of hydrogen-bond donors (Lipinski definition) is 2. The van der Waals surface area contributed by atoms with E-state index in [2.05, 4.69) is 40.7 Å². The fraction of sp³-hybridized carbons (Fsp3) is 0.588. The van der Waals surface area contributed by atoms with Gasteiger partial charge in [0.05, 0.1) is 0 Å². The normalized spacial score (nSPS) is 16.0. The van der Waals surface area contributed by atoms with E-state index in [1.165, 1.54) is 16.8 Å². The van der Waals surface area contributed by atoms with Crippen LogP contribution in [0.3, 0.4) is 0 Å². The summed E-state index contributed by atoms with van der Waals surface area (Å²) in [5.74, 6) is 0.697. The summed E-state index contributed by atoms with van der Waals surface area (Å²) in [4.78, 5) is 13.5. The van der Waals surface area contributed by atoms with E-state index >= 15 is 0 Å². The maximum Gasteiger partial charge on any atom is 0.216 e. The standard InChI is InChI=1S/C17H27N3O/c1-13-10-16(11-18-3)4-5-17(13)20-8-6-15(7-9-20)12-19-14(2)21/h4-5,10,15,18H,6-9,11-12H2,1-3H3,(H,19,21). The van der Waals surface area contributed by atoms with Gasteiger partial charge in [-0.05, 0) is 49.9 Å². The molecule has 2 N–H and O–H groups in total. The highest BCUT2D eigenvalue weighted by atomic mass is 16.1. The zero-order valence-electron chi connectivity index (χ0n) is 13.4. The van der Waals surface area contributed by atoms with E-state index in [1.807, 2.05) is 7.05 Å². The Bertz CT molecular complexity index is 479. The van der Waals surface area contributed by atoms with Crippen LogP contribution in [0.15, 0.2) is 18.2 Å². The number of nitrogens with zero attached hydrogens (tertiary/aromatic N) is 1. The van der Waals surface area contributed by atoms with Crippen molar-refractivity contribution < 1.29 is 4.79 Å². The summed E-state index contributed by atoms with van der Waals surface area (Å²) >= 11 is 0. The molecule has 1 aromatic rings. The minimum atomic E-state index is 0.0772. The molecule has 1 aromatic carbocycles. The Morgan fingerprint density at radius 2 is 2.05 bits per heavy atom. The lowest BCUT2D eigenvalue weighted by atomic mass is 9.95. The van der Waals surface area contributed by atoms with Crippen LogP contribution in [-0.2, 0) is 11.3 Å². The van der Waals surface area contributed by atoms with Crippen LogP contribution in [0, 0.1) is 12.8 Å². The van der Waals surface area contributed by atoms with Gasteiger partial charge in [-0.1, -0.05) is 12.1 Å². The summed E-state index contributed by atoms with van der Waals surface area (Å²) in [5, 5.41) is 6.13. The predicted molar refractivity (Wildman–Crippen MR) is 87.6 cm³/mol. The minimum absolute atomic E-state index is 0.0772. The van der Waals surface area contributed by atoms with Gasteiger partial charge < -0.3 is 15.5 Å². The number of anilines is 1. The van der Waals surface area contributed by atoms with Crippen molar-refractivity contribution in [2.45, 2.75) is 33.2 Å². The Kier molecular flexibility index (Phi) is 5.62. The highest BCUT2D eigenvalue weighted by Crippen LogP contribution is 2.26. The highest BCUT2D eigenvalue weighted by molar-refractivity contribution is 5.72. The van der Waals surface area contributed by atoms with Crippen LogP contribution in [0.25, 0.3) is 0 Å².